The summed E-state index contributed by atoms with van der Waals surface area (Å²) >= 11 is 0. The summed E-state index contributed by atoms with van der Waals surface area (Å²) in [5.74, 6) is -4.01. The second-order valence-corrected chi connectivity index (χ2v) is 11.8. The van der Waals surface area contributed by atoms with Crippen molar-refractivity contribution in [1.29, 1.82) is 0 Å². The first kappa shape index (κ1) is 22.8. The molecule has 0 aromatic heterocycles. The van der Waals surface area contributed by atoms with Gasteiger partial charge in [-0.15, -0.1) is 0 Å². The zero-order valence-corrected chi connectivity index (χ0v) is 19.2. The first-order valence-corrected chi connectivity index (χ1v) is 12.7. The number of aliphatic hydroxyl groups excluding tert-OH is 1. The maximum absolute atomic E-state index is 16.0. The normalized spacial score (nSPS) is 12.8. The molecule has 1 unspecified atom stereocenters. The molecule has 2 nitrogen and oxygen atoms in total. The number of carbonyl (C=O) groups is 1. The van der Waals surface area contributed by atoms with Crippen LogP contribution in [0.5, 0.6) is 0 Å². The average molecular weight is 459 g/mol. The van der Waals surface area contributed by atoms with E-state index in [1.54, 1.807) is 103 Å². The van der Waals surface area contributed by atoms with Gasteiger partial charge in [-0.25, -0.2) is 0 Å². The third-order valence-electron chi connectivity index (χ3n) is 6.00. The molecule has 0 bridgehead atoms. The van der Waals surface area contributed by atoms with Gasteiger partial charge in [0.2, 0.25) is 8.07 Å². The van der Waals surface area contributed by atoms with Crippen molar-refractivity contribution in [3.63, 3.8) is 0 Å². The minimum Gasteiger partial charge on any atom is -0.382 e. The van der Waals surface area contributed by atoms with Crippen LogP contribution in [0.2, 0.25) is 0 Å². The van der Waals surface area contributed by atoms with Gasteiger partial charge in [0.25, 0.3) is 0 Å². The van der Waals surface area contributed by atoms with E-state index in [4.69, 9.17) is 0 Å². The number of benzene rings is 4. The summed E-state index contributed by atoms with van der Waals surface area (Å²) < 4.78 is 32.0. The van der Waals surface area contributed by atoms with E-state index in [0.717, 1.165) is 5.56 Å². The number of carbonyl (C=O) groups excluding carboxylic acids is 1. The molecule has 0 aliphatic rings. The quantitative estimate of drug-likeness (QED) is 0.337. The average Bonchev–Trinajstić information content (AvgIpc) is 2.86. The molecule has 0 saturated heterocycles. The first-order chi connectivity index (χ1) is 15.9. The first-order valence-electron chi connectivity index (χ1n) is 10.7. The zero-order chi connectivity index (χ0) is 23.5. The van der Waals surface area contributed by atoms with Gasteiger partial charge in [-0.1, -0.05) is 121 Å². The standard InChI is InChI=1S/C28H24F2O2Si/c1-21-17-19-22(20-18-21)26(31)28(29,30)27(32)33(23-11-5-2-6-12-23,24-13-7-3-8-14-24)25-15-9-4-10-16-25/h2-20,26,31H,1H3. The Balaban J connectivity index is 1.98. The highest BCUT2D eigenvalue weighted by Gasteiger charge is 2.60. The largest absolute Gasteiger partial charge is 0.382 e. The Morgan fingerprint density at radius 3 is 1.42 bits per heavy atom. The summed E-state index contributed by atoms with van der Waals surface area (Å²) in [6, 6.07) is 32.5. The second-order valence-electron chi connectivity index (χ2n) is 8.11. The predicted molar refractivity (Wildman–Crippen MR) is 130 cm³/mol. The minimum absolute atomic E-state index is 0.0102. The van der Waals surface area contributed by atoms with Crippen molar-refractivity contribution in [2.24, 2.45) is 0 Å². The van der Waals surface area contributed by atoms with Gasteiger partial charge in [0.15, 0.2) is 5.41 Å². The number of aryl methyl sites for hydroxylation is 1. The van der Waals surface area contributed by atoms with Crippen molar-refractivity contribution < 1.29 is 18.7 Å². The van der Waals surface area contributed by atoms with Crippen molar-refractivity contribution in [2.75, 3.05) is 0 Å². The van der Waals surface area contributed by atoms with Crippen LogP contribution in [0.1, 0.15) is 17.2 Å². The summed E-state index contributed by atoms with van der Waals surface area (Å²) in [5, 5.41) is 11.2. The highest BCUT2D eigenvalue weighted by Crippen LogP contribution is 2.35. The maximum Gasteiger partial charge on any atom is 0.331 e. The summed E-state index contributed by atoms with van der Waals surface area (Å²) in [6.45, 7) is 1.83. The number of hydrogen-bond donors (Lipinski definition) is 1. The number of rotatable bonds is 7. The van der Waals surface area contributed by atoms with Gasteiger partial charge in [-0.3, -0.25) is 4.79 Å². The van der Waals surface area contributed by atoms with E-state index in [1.165, 1.54) is 12.1 Å². The number of halogens is 2. The van der Waals surface area contributed by atoms with Gasteiger partial charge in [-0.05, 0) is 28.0 Å². The molecule has 5 heteroatoms. The molecule has 0 spiro atoms. The lowest BCUT2D eigenvalue weighted by atomic mass is 10.0. The minimum atomic E-state index is -4.01. The van der Waals surface area contributed by atoms with Gasteiger partial charge in [0, 0.05) is 0 Å². The van der Waals surface area contributed by atoms with Crippen LogP contribution in [0.3, 0.4) is 0 Å². The third kappa shape index (κ3) is 4.06. The van der Waals surface area contributed by atoms with Gasteiger partial charge in [0.05, 0.1) is 0 Å². The molecule has 166 valence electrons. The van der Waals surface area contributed by atoms with Crippen molar-refractivity contribution in [1.82, 2.24) is 0 Å². The van der Waals surface area contributed by atoms with E-state index in [1.807, 2.05) is 6.92 Å². The van der Waals surface area contributed by atoms with Crippen LogP contribution in [0.25, 0.3) is 0 Å². The number of alkyl halides is 2. The predicted octanol–water partition coefficient (Wildman–Crippen LogP) is 3.94. The summed E-state index contributed by atoms with van der Waals surface area (Å²) in [5.41, 5.74) is 0.887. The van der Waals surface area contributed by atoms with Crippen molar-refractivity contribution in [3.8, 4) is 0 Å². The topological polar surface area (TPSA) is 37.3 Å². The molecular weight excluding hydrogens is 434 g/mol. The Hall–Kier alpha value is -3.41. The van der Waals surface area contributed by atoms with E-state index < -0.39 is 25.5 Å². The Kier molecular flexibility index (Phi) is 6.36. The van der Waals surface area contributed by atoms with Crippen LogP contribution in [0.4, 0.5) is 8.78 Å². The second kappa shape index (κ2) is 9.22. The fourth-order valence-electron chi connectivity index (χ4n) is 4.29. The SMILES string of the molecule is Cc1ccc(C(O)C(F)(F)C(=O)[Si](c2ccccc2)(c2ccccc2)c2ccccc2)cc1. The van der Waals surface area contributed by atoms with Gasteiger partial charge < -0.3 is 5.11 Å². The maximum atomic E-state index is 16.0. The molecule has 4 rings (SSSR count). The van der Waals surface area contributed by atoms with Crippen LogP contribution < -0.4 is 15.6 Å². The van der Waals surface area contributed by atoms with Crippen LogP contribution in [-0.4, -0.2) is 24.5 Å². The van der Waals surface area contributed by atoms with E-state index in [9.17, 15) is 9.90 Å². The highest BCUT2D eigenvalue weighted by molar-refractivity contribution is 7.30. The number of hydrogen-bond acceptors (Lipinski definition) is 2. The van der Waals surface area contributed by atoms with Crippen LogP contribution in [-0.2, 0) is 4.79 Å². The van der Waals surface area contributed by atoms with Gasteiger partial charge in [0.1, 0.15) is 6.10 Å². The molecule has 33 heavy (non-hydrogen) atoms. The van der Waals surface area contributed by atoms with E-state index in [-0.39, 0.29) is 5.56 Å². The van der Waals surface area contributed by atoms with Crippen LogP contribution in [0.15, 0.2) is 115 Å². The summed E-state index contributed by atoms with van der Waals surface area (Å²) in [4.78, 5) is 14.1. The Morgan fingerprint density at radius 2 is 1.06 bits per heavy atom. The molecule has 0 aliphatic carbocycles. The fourth-order valence-corrected chi connectivity index (χ4v) is 8.79. The van der Waals surface area contributed by atoms with E-state index in [0.29, 0.717) is 15.6 Å². The van der Waals surface area contributed by atoms with Crippen molar-refractivity contribution in [3.05, 3.63) is 126 Å². The fraction of sp³-hybridized carbons (Fsp3) is 0.107. The Bertz CT molecular complexity index is 1110. The molecule has 4 aromatic rings. The molecule has 4 aromatic carbocycles. The van der Waals surface area contributed by atoms with Crippen molar-refractivity contribution >= 4 is 29.0 Å². The molecular formula is C28H24F2O2Si. The lowest BCUT2D eigenvalue weighted by Gasteiger charge is -2.36. The molecule has 0 heterocycles. The van der Waals surface area contributed by atoms with Crippen LogP contribution in [0, 0.1) is 6.92 Å². The molecule has 0 aliphatic heterocycles. The third-order valence-corrected chi connectivity index (χ3v) is 10.6. The van der Waals surface area contributed by atoms with E-state index >= 15 is 8.78 Å². The smallest absolute Gasteiger partial charge is 0.331 e. The molecule has 1 atom stereocenters. The molecule has 0 amide bonds. The lowest BCUT2D eigenvalue weighted by molar-refractivity contribution is -0.153. The number of aliphatic hydroxyl groups is 1. The van der Waals surface area contributed by atoms with Gasteiger partial charge >= 0.3 is 5.92 Å². The molecule has 1 N–H and O–H groups in total. The Morgan fingerprint density at radius 1 is 0.697 bits per heavy atom. The zero-order valence-electron chi connectivity index (χ0n) is 18.2. The monoisotopic (exact) mass is 458 g/mol. The van der Waals surface area contributed by atoms with E-state index in [2.05, 4.69) is 0 Å². The van der Waals surface area contributed by atoms with Crippen molar-refractivity contribution in [2.45, 2.75) is 19.0 Å². The highest BCUT2D eigenvalue weighted by atomic mass is 28.3. The Labute approximate surface area is 193 Å². The van der Waals surface area contributed by atoms with Crippen LogP contribution >= 0.6 is 0 Å². The molecule has 0 saturated carbocycles. The lowest BCUT2D eigenvalue weighted by Crippen LogP contribution is -2.76. The summed E-state index contributed by atoms with van der Waals surface area (Å²) in [7, 11) is -3.92. The summed E-state index contributed by atoms with van der Waals surface area (Å²) in [6.07, 6.45) is -2.26. The molecule has 0 fully saturated rings. The molecule has 0 radical (unpaired) electrons. The van der Waals surface area contributed by atoms with Gasteiger partial charge in [-0.2, -0.15) is 8.78 Å².